The van der Waals surface area contributed by atoms with Gasteiger partial charge in [-0.2, -0.15) is 0 Å². The monoisotopic (exact) mass is 262 g/mol. The van der Waals surface area contributed by atoms with E-state index >= 15 is 0 Å². The number of nitrogens with one attached hydrogen (secondary N) is 2. The molecule has 1 aliphatic heterocycles. The molecule has 104 valence electrons. The Kier molecular flexibility index (Phi) is 4.43. The molecule has 0 saturated carbocycles. The van der Waals surface area contributed by atoms with Crippen LogP contribution in [0.25, 0.3) is 0 Å². The first-order valence-electron chi connectivity index (χ1n) is 6.79. The summed E-state index contributed by atoms with van der Waals surface area (Å²) in [4.78, 5) is 12.3. The fourth-order valence-corrected chi connectivity index (χ4v) is 2.53. The quantitative estimate of drug-likeness (QED) is 0.874. The molecule has 0 bridgehead atoms. The van der Waals surface area contributed by atoms with E-state index in [4.69, 9.17) is 4.74 Å². The second kappa shape index (κ2) is 6.06. The minimum atomic E-state index is -0.0420. The van der Waals surface area contributed by atoms with Crippen LogP contribution in [0.3, 0.4) is 0 Å². The van der Waals surface area contributed by atoms with Gasteiger partial charge in [0.1, 0.15) is 5.75 Å². The lowest BCUT2D eigenvalue weighted by Gasteiger charge is -2.28. The number of amides is 1. The Labute approximate surface area is 114 Å². The predicted molar refractivity (Wildman–Crippen MR) is 75.7 cm³/mol. The Morgan fingerprint density at radius 1 is 1.47 bits per heavy atom. The van der Waals surface area contributed by atoms with Gasteiger partial charge >= 0.3 is 0 Å². The number of hydrogen-bond acceptors (Lipinski definition) is 3. The van der Waals surface area contributed by atoms with Crippen molar-refractivity contribution in [3.05, 3.63) is 29.3 Å². The molecule has 4 heteroatoms. The molecule has 1 amide bonds. The van der Waals surface area contributed by atoms with Gasteiger partial charge in [0, 0.05) is 12.1 Å². The lowest BCUT2D eigenvalue weighted by atomic mass is 10.00. The zero-order chi connectivity index (χ0) is 13.8. The van der Waals surface area contributed by atoms with Gasteiger partial charge in [-0.25, -0.2) is 0 Å². The van der Waals surface area contributed by atoms with Gasteiger partial charge in [-0.15, -0.1) is 0 Å². The fourth-order valence-electron chi connectivity index (χ4n) is 2.53. The summed E-state index contributed by atoms with van der Waals surface area (Å²) in [7, 11) is 1.59. The minimum absolute atomic E-state index is 0.0420. The maximum Gasteiger partial charge on any atom is 0.255 e. The van der Waals surface area contributed by atoms with Crippen molar-refractivity contribution in [1.29, 1.82) is 0 Å². The molecule has 19 heavy (non-hydrogen) atoms. The van der Waals surface area contributed by atoms with Gasteiger partial charge in [0.2, 0.25) is 0 Å². The van der Waals surface area contributed by atoms with E-state index in [1.54, 1.807) is 7.11 Å². The first kappa shape index (κ1) is 13.9. The highest BCUT2D eigenvalue weighted by Gasteiger charge is 2.21. The van der Waals surface area contributed by atoms with Crippen LogP contribution in [0, 0.1) is 6.92 Å². The van der Waals surface area contributed by atoms with E-state index < -0.39 is 0 Å². The molecule has 4 nitrogen and oxygen atoms in total. The molecule has 2 unspecified atom stereocenters. The number of ether oxygens (including phenoxy) is 1. The molecular weight excluding hydrogens is 240 g/mol. The molecule has 1 heterocycles. The van der Waals surface area contributed by atoms with Gasteiger partial charge in [0.15, 0.2) is 0 Å². The first-order valence-corrected chi connectivity index (χ1v) is 6.79. The van der Waals surface area contributed by atoms with Crippen LogP contribution >= 0.6 is 0 Å². The molecule has 1 aliphatic rings. The van der Waals surface area contributed by atoms with Crippen molar-refractivity contribution in [2.45, 2.75) is 38.8 Å². The SMILES string of the molecule is COc1ccc(C)cc1C(=O)NC1CCNC(C)C1. The largest absolute Gasteiger partial charge is 0.496 e. The van der Waals surface area contributed by atoms with Crippen molar-refractivity contribution < 1.29 is 9.53 Å². The zero-order valence-corrected chi connectivity index (χ0v) is 11.8. The lowest BCUT2D eigenvalue weighted by molar-refractivity contribution is 0.0922. The Morgan fingerprint density at radius 3 is 2.95 bits per heavy atom. The number of carbonyl (C=O) groups is 1. The predicted octanol–water partition coefficient (Wildman–Crippen LogP) is 1.87. The van der Waals surface area contributed by atoms with Crippen molar-refractivity contribution in [2.24, 2.45) is 0 Å². The van der Waals surface area contributed by atoms with Crippen LogP contribution in [0.4, 0.5) is 0 Å². The van der Waals surface area contributed by atoms with Crippen LogP contribution in [0.15, 0.2) is 18.2 Å². The van der Waals surface area contributed by atoms with Crippen molar-refractivity contribution in [2.75, 3.05) is 13.7 Å². The van der Waals surface area contributed by atoms with E-state index in [1.165, 1.54) is 0 Å². The van der Waals surface area contributed by atoms with E-state index in [0.717, 1.165) is 24.9 Å². The Morgan fingerprint density at radius 2 is 2.26 bits per heavy atom. The number of benzene rings is 1. The van der Waals surface area contributed by atoms with Crippen molar-refractivity contribution >= 4 is 5.91 Å². The summed E-state index contributed by atoms with van der Waals surface area (Å²) in [5.41, 5.74) is 1.68. The molecule has 2 N–H and O–H groups in total. The third-order valence-electron chi connectivity index (χ3n) is 3.56. The topological polar surface area (TPSA) is 50.4 Å². The van der Waals surface area contributed by atoms with Crippen LogP contribution in [0.5, 0.6) is 5.75 Å². The summed E-state index contributed by atoms with van der Waals surface area (Å²) in [5.74, 6) is 0.588. The average molecular weight is 262 g/mol. The number of methoxy groups -OCH3 is 1. The van der Waals surface area contributed by atoms with Crippen LogP contribution in [0.1, 0.15) is 35.7 Å². The summed E-state index contributed by atoms with van der Waals surface area (Å²) in [6.45, 7) is 5.07. The Bertz CT molecular complexity index is 459. The molecule has 0 spiro atoms. The molecule has 2 rings (SSSR count). The third kappa shape index (κ3) is 3.47. The van der Waals surface area contributed by atoms with Gasteiger partial charge in [0.05, 0.1) is 12.7 Å². The zero-order valence-electron chi connectivity index (χ0n) is 11.8. The van der Waals surface area contributed by atoms with E-state index in [1.807, 2.05) is 25.1 Å². The Hall–Kier alpha value is -1.55. The molecule has 0 radical (unpaired) electrons. The number of carbonyl (C=O) groups excluding carboxylic acids is 1. The highest BCUT2D eigenvalue weighted by molar-refractivity contribution is 5.97. The van der Waals surface area contributed by atoms with E-state index in [0.29, 0.717) is 17.4 Å². The number of aryl methyl sites for hydroxylation is 1. The number of rotatable bonds is 3. The van der Waals surface area contributed by atoms with Gasteiger partial charge < -0.3 is 15.4 Å². The molecule has 1 aromatic rings. The van der Waals surface area contributed by atoms with Crippen LogP contribution in [0.2, 0.25) is 0 Å². The Balaban J connectivity index is 2.09. The molecule has 1 fully saturated rings. The normalized spacial score (nSPS) is 22.9. The van der Waals surface area contributed by atoms with Gasteiger partial charge in [-0.3, -0.25) is 4.79 Å². The summed E-state index contributed by atoms with van der Waals surface area (Å²) in [5, 5.41) is 6.49. The number of piperidine rings is 1. The van der Waals surface area contributed by atoms with E-state index in [2.05, 4.69) is 17.6 Å². The van der Waals surface area contributed by atoms with E-state index in [9.17, 15) is 4.79 Å². The highest BCUT2D eigenvalue weighted by atomic mass is 16.5. The second-order valence-corrected chi connectivity index (χ2v) is 5.25. The molecule has 1 saturated heterocycles. The van der Waals surface area contributed by atoms with Crippen molar-refractivity contribution in [3.63, 3.8) is 0 Å². The lowest BCUT2D eigenvalue weighted by Crippen LogP contribution is -2.46. The van der Waals surface area contributed by atoms with Crippen LogP contribution in [-0.4, -0.2) is 31.6 Å². The molecule has 0 aromatic heterocycles. The van der Waals surface area contributed by atoms with Crippen LogP contribution < -0.4 is 15.4 Å². The fraction of sp³-hybridized carbons (Fsp3) is 0.533. The molecule has 0 aliphatic carbocycles. The van der Waals surface area contributed by atoms with Crippen LogP contribution in [-0.2, 0) is 0 Å². The van der Waals surface area contributed by atoms with Gasteiger partial charge in [-0.05, 0) is 45.4 Å². The summed E-state index contributed by atoms with van der Waals surface area (Å²) in [6.07, 6.45) is 1.95. The smallest absolute Gasteiger partial charge is 0.255 e. The summed E-state index contributed by atoms with van der Waals surface area (Å²) >= 11 is 0. The minimum Gasteiger partial charge on any atom is -0.496 e. The van der Waals surface area contributed by atoms with Gasteiger partial charge in [-0.1, -0.05) is 11.6 Å². The standard InChI is InChI=1S/C15H22N2O2/c1-10-4-5-14(19-3)13(8-10)15(18)17-12-6-7-16-11(2)9-12/h4-5,8,11-12,16H,6-7,9H2,1-3H3,(H,17,18). The maximum atomic E-state index is 12.3. The summed E-state index contributed by atoms with van der Waals surface area (Å²) in [6, 6.07) is 6.36. The highest BCUT2D eigenvalue weighted by Crippen LogP contribution is 2.20. The third-order valence-corrected chi connectivity index (χ3v) is 3.56. The summed E-state index contributed by atoms with van der Waals surface area (Å²) < 4.78 is 5.26. The van der Waals surface area contributed by atoms with E-state index in [-0.39, 0.29) is 11.9 Å². The van der Waals surface area contributed by atoms with Crippen molar-refractivity contribution in [3.8, 4) is 5.75 Å². The first-order chi connectivity index (χ1) is 9.10. The molecular formula is C15H22N2O2. The second-order valence-electron chi connectivity index (χ2n) is 5.25. The molecule has 2 atom stereocenters. The van der Waals surface area contributed by atoms with Gasteiger partial charge in [0.25, 0.3) is 5.91 Å². The molecule has 1 aromatic carbocycles. The van der Waals surface area contributed by atoms with Crippen molar-refractivity contribution in [1.82, 2.24) is 10.6 Å². The number of hydrogen-bond donors (Lipinski definition) is 2. The maximum absolute atomic E-state index is 12.3. The average Bonchev–Trinajstić information content (AvgIpc) is 2.38.